The first-order valence-electron chi connectivity index (χ1n) is 6.27. The molecular formula is C15H24BrNO. The minimum atomic E-state index is 0.110. The van der Waals surface area contributed by atoms with E-state index in [1.54, 1.807) is 7.11 Å². The van der Waals surface area contributed by atoms with Crippen molar-refractivity contribution < 1.29 is 4.74 Å². The molecule has 0 bridgehead atoms. The van der Waals surface area contributed by atoms with Crippen LogP contribution in [-0.4, -0.2) is 19.1 Å². The zero-order chi connectivity index (χ0) is 13.9. The van der Waals surface area contributed by atoms with Gasteiger partial charge in [-0.25, -0.2) is 0 Å². The van der Waals surface area contributed by atoms with Gasteiger partial charge in [0.1, 0.15) is 5.75 Å². The van der Waals surface area contributed by atoms with Gasteiger partial charge in [-0.05, 0) is 49.1 Å². The Morgan fingerprint density at radius 1 is 1.22 bits per heavy atom. The summed E-state index contributed by atoms with van der Waals surface area (Å²) in [5.41, 5.74) is 6.24. The summed E-state index contributed by atoms with van der Waals surface area (Å²) in [6.45, 7) is 12.0. The van der Waals surface area contributed by atoms with Crippen molar-refractivity contribution in [2.75, 3.05) is 19.1 Å². The molecule has 0 radical (unpaired) electrons. The van der Waals surface area contributed by atoms with Gasteiger partial charge in [-0.2, -0.15) is 0 Å². The summed E-state index contributed by atoms with van der Waals surface area (Å²) in [5.74, 6) is 0.984. The number of ether oxygens (including phenoxy) is 1. The SMILES string of the molecule is COc1cc(C)c(C(C)(C)CNCBr)c(C)c1C. The van der Waals surface area contributed by atoms with Crippen molar-refractivity contribution in [3.63, 3.8) is 0 Å². The minimum absolute atomic E-state index is 0.110. The number of halogens is 1. The summed E-state index contributed by atoms with van der Waals surface area (Å²) in [7, 11) is 1.73. The Morgan fingerprint density at radius 2 is 1.83 bits per heavy atom. The number of methoxy groups -OCH3 is 1. The molecule has 1 rings (SSSR count). The molecule has 0 aliphatic heterocycles. The van der Waals surface area contributed by atoms with Crippen molar-refractivity contribution in [1.29, 1.82) is 0 Å². The summed E-state index contributed by atoms with van der Waals surface area (Å²) in [4.78, 5) is 0. The van der Waals surface area contributed by atoms with Gasteiger partial charge < -0.3 is 10.1 Å². The van der Waals surface area contributed by atoms with E-state index in [9.17, 15) is 0 Å². The van der Waals surface area contributed by atoms with Crippen LogP contribution in [0.15, 0.2) is 6.07 Å². The van der Waals surface area contributed by atoms with E-state index in [2.05, 4.69) is 61.9 Å². The molecule has 0 saturated carbocycles. The predicted octanol–water partition coefficient (Wildman–Crippen LogP) is 3.84. The summed E-state index contributed by atoms with van der Waals surface area (Å²) in [6.07, 6.45) is 0. The largest absolute Gasteiger partial charge is 0.496 e. The standard InChI is InChI=1S/C15H24BrNO/c1-10-7-13(18-6)11(2)12(3)14(10)15(4,5)8-17-9-16/h7,17H,8-9H2,1-6H3. The van der Waals surface area contributed by atoms with Gasteiger partial charge in [0.25, 0.3) is 0 Å². The number of benzene rings is 1. The lowest BCUT2D eigenvalue weighted by molar-refractivity contribution is 0.409. The van der Waals surface area contributed by atoms with Crippen molar-refractivity contribution >= 4 is 15.9 Å². The molecular weight excluding hydrogens is 290 g/mol. The third kappa shape index (κ3) is 3.07. The van der Waals surface area contributed by atoms with Crippen LogP contribution in [0.2, 0.25) is 0 Å². The molecule has 0 spiro atoms. The molecule has 18 heavy (non-hydrogen) atoms. The van der Waals surface area contributed by atoms with Crippen molar-refractivity contribution in [3.8, 4) is 5.75 Å². The highest BCUT2D eigenvalue weighted by atomic mass is 79.9. The van der Waals surface area contributed by atoms with Crippen LogP contribution < -0.4 is 10.1 Å². The molecule has 1 aromatic rings. The first kappa shape index (κ1) is 15.5. The van der Waals surface area contributed by atoms with E-state index in [0.717, 1.165) is 17.7 Å². The fourth-order valence-electron chi connectivity index (χ4n) is 2.75. The maximum absolute atomic E-state index is 5.43. The van der Waals surface area contributed by atoms with E-state index in [1.807, 2.05) is 0 Å². The van der Waals surface area contributed by atoms with Crippen LogP contribution in [0.1, 0.15) is 36.1 Å². The third-order valence-corrected chi connectivity index (χ3v) is 4.00. The monoisotopic (exact) mass is 313 g/mol. The molecule has 0 aliphatic carbocycles. The van der Waals surface area contributed by atoms with E-state index >= 15 is 0 Å². The Labute approximate surface area is 119 Å². The average Bonchev–Trinajstić information content (AvgIpc) is 2.31. The molecule has 0 unspecified atom stereocenters. The Bertz CT molecular complexity index is 427. The number of hydrogen-bond donors (Lipinski definition) is 1. The molecule has 0 aliphatic rings. The Kier molecular flexibility index (Phi) is 5.23. The first-order chi connectivity index (χ1) is 8.35. The molecule has 0 heterocycles. The Hall–Kier alpha value is -0.540. The third-order valence-electron chi connectivity index (χ3n) is 3.61. The highest BCUT2D eigenvalue weighted by molar-refractivity contribution is 9.09. The summed E-state index contributed by atoms with van der Waals surface area (Å²) in [5, 5.41) is 3.37. The number of rotatable bonds is 5. The van der Waals surface area contributed by atoms with Crippen LogP contribution in [0.25, 0.3) is 0 Å². The van der Waals surface area contributed by atoms with E-state index < -0.39 is 0 Å². The van der Waals surface area contributed by atoms with Gasteiger partial charge in [0.2, 0.25) is 0 Å². The molecule has 2 nitrogen and oxygen atoms in total. The predicted molar refractivity (Wildman–Crippen MR) is 82.0 cm³/mol. The van der Waals surface area contributed by atoms with Crippen molar-refractivity contribution in [1.82, 2.24) is 5.32 Å². The van der Waals surface area contributed by atoms with Crippen LogP contribution in [-0.2, 0) is 5.41 Å². The van der Waals surface area contributed by atoms with Gasteiger partial charge in [0.15, 0.2) is 0 Å². The van der Waals surface area contributed by atoms with Gasteiger partial charge in [0, 0.05) is 12.0 Å². The molecule has 102 valence electrons. The van der Waals surface area contributed by atoms with Crippen molar-refractivity contribution in [2.24, 2.45) is 0 Å². The first-order valence-corrected chi connectivity index (χ1v) is 7.39. The van der Waals surface area contributed by atoms with Gasteiger partial charge in [-0.3, -0.25) is 0 Å². The van der Waals surface area contributed by atoms with Crippen LogP contribution in [0.3, 0.4) is 0 Å². The molecule has 0 aromatic heterocycles. The Morgan fingerprint density at radius 3 is 2.33 bits per heavy atom. The lowest BCUT2D eigenvalue weighted by atomic mass is 9.78. The molecule has 0 atom stereocenters. The van der Waals surface area contributed by atoms with Gasteiger partial charge in [0.05, 0.1) is 12.6 Å². The summed E-state index contributed by atoms with van der Waals surface area (Å²) < 4.78 is 5.43. The van der Waals surface area contributed by atoms with Crippen molar-refractivity contribution in [2.45, 2.75) is 40.0 Å². The lowest BCUT2D eigenvalue weighted by Crippen LogP contribution is -2.33. The highest BCUT2D eigenvalue weighted by Crippen LogP contribution is 2.35. The maximum atomic E-state index is 5.43. The van der Waals surface area contributed by atoms with Crippen LogP contribution in [0.4, 0.5) is 0 Å². The van der Waals surface area contributed by atoms with Crippen LogP contribution in [0, 0.1) is 20.8 Å². The highest BCUT2D eigenvalue weighted by Gasteiger charge is 2.25. The quantitative estimate of drug-likeness (QED) is 0.658. The summed E-state index contributed by atoms with van der Waals surface area (Å²) >= 11 is 3.42. The second-order valence-corrected chi connectivity index (χ2v) is 6.03. The molecule has 0 fully saturated rings. The molecule has 1 aromatic carbocycles. The van der Waals surface area contributed by atoms with Gasteiger partial charge in [-0.15, -0.1) is 0 Å². The molecule has 0 amide bonds. The van der Waals surface area contributed by atoms with Gasteiger partial charge >= 0.3 is 0 Å². The lowest BCUT2D eigenvalue weighted by Gasteiger charge is -2.30. The number of hydrogen-bond acceptors (Lipinski definition) is 2. The fraction of sp³-hybridized carbons (Fsp3) is 0.600. The smallest absolute Gasteiger partial charge is 0.122 e. The topological polar surface area (TPSA) is 21.3 Å². The minimum Gasteiger partial charge on any atom is -0.496 e. The Balaban J connectivity index is 3.28. The summed E-state index contributed by atoms with van der Waals surface area (Å²) in [6, 6.07) is 2.15. The number of alkyl halides is 1. The molecule has 0 saturated heterocycles. The van der Waals surface area contributed by atoms with E-state index in [1.165, 1.54) is 22.3 Å². The van der Waals surface area contributed by atoms with E-state index in [0.29, 0.717) is 0 Å². The van der Waals surface area contributed by atoms with E-state index in [-0.39, 0.29) is 5.41 Å². The maximum Gasteiger partial charge on any atom is 0.122 e. The number of nitrogens with one attached hydrogen (secondary N) is 1. The zero-order valence-corrected chi connectivity index (χ0v) is 13.9. The van der Waals surface area contributed by atoms with Crippen LogP contribution >= 0.6 is 15.9 Å². The zero-order valence-electron chi connectivity index (χ0n) is 12.3. The fourth-order valence-corrected chi connectivity index (χ4v) is 2.94. The van der Waals surface area contributed by atoms with Gasteiger partial charge in [-0.1, -0.05) is 29.8 Å². The molecule has 1 N–H and O–H groups in total. The van der Waals surface area contributed by atoms with E-state index in [4.69, 9.17) is 4.74 Å². The number of aryl methyl sites for hydroxylation is 1. The molecule has 3 heteroatoms. The average molecular weight is 314 g/mol. The second-order valence-electron chi connectivity index (χ2n) is 5.47. The van der Waals surface area contributed by atoms with Crippen molar-refractivity contribution in [3.05, 3.63) is 28.3 Å². The van der Waals surface area contributed by atoms with Crippen LogP contribution in [0.5, 0.6) is 5.75 Å². The normalized spacial score (nSPS) is 11.7. The second kappa shape index (κ2) is 6.07.